The highest BCUT2D eigenvalue weighted by Gasteiger charge is 2.16. The fourth-order valence-corrected chi connectivity index (χ4v) is 1.63. The number of carbonyl (C=O) groups excluding carboxylic acids is 2. The molecule has 0 atom stereocenters. The number of rotatable bonds is 7. The van der Waals surface area contributed by atoms with E-state index in [1.807, 2.05) is 6.92 Å². The molecule has 0 spiro atoms. The van der Waals surface area contributed by atoms with Gasteiger partial charge in [-0.2, -0.15) is 8.42 Å². The number of hydrogen-bond donors (Lipinski definition) is 0. The molecule has 102 valence electrons. The fraction of sp³-hybridized carbons (Fsp3) is 0.455. The van der Waals surface area contributed by atoms with Crippen LogP contribution in [-0.2, 0) is 28.6 Å². The molecule has 0 radical (unpaired) electrons. The second-order valence-corrected chi connectivity index (χ2v) is 4.99. The highest BCUT2D eigenvalue weighted by Crippen LogP contribution is 2.00. The molecule has 0 unspecified atom stereocenters. The summed E-state index contributed by atoms with van der Waals surface area (Å²) in [6.07, 6.45) is 3.07. The maximum absolute atomic E-state index is 11.3. The van der Waals surface area contributed by atoms with Gasteiger partial charge in [-0.3, -0.25) is 0 Å². The van der Waals surface area contributed by atoms with Gasteiger partial charge >= 0.3 is 22.1 Å². The highest BCUT2D eigenvalue weighted by molar-refractivity contribution is 7.87. The molecule has 0 aliphatic heterocycles. The van der Waals surface area contributed by atoms with Gasteiger partial charge in [0.2, 0.25) is 0 Å². The van der Waals surface area contributed by atoms with E-state index in [0.717, 1.165) is 6.08 Å². The Morgan fingerprint density at radius 2 is 1.94 bits per heavy atom. The summed E-state index contributed by atoms with van der Waals surface area (Å²) in [7, 11) is -4.04. The van der Waals surface area contributed by atoms with Crippen molar-refractivity contribution in [2.24, 2.45) is 0 Å². The third-order valence-electron chi connectivity index (χ3n) is 1.77. The number of carbonyl (C=O) groups is 2. The normalized spacial score (nSPS) is 11.8. The molecule has 0 saturated heterocycles. The molecule has 7 heteroatoms. The van der Waals surface area contributed by atoms with E-state index in [1.54, 1.807) is 13.0 Å². The second-order valence-electron chi connectivity index (χ2n) is 3.30. The zero-order chi connectivity index (χ0) is 14.2. The number of allylic oxidation sites excluding steroid dienone is 1. The van der Waals surface area contributed by atoms with Crippen LogP contribution in [0.15, 0.2) is 24.3 Å². The number of esters is 1. The Bertz CT molecular complexity index is 446. The summed E-state index contributed by atoms with van der Waals surface area (Å²) < 4.78 is 31.2. The van der Waals surface area contributed by atoms with Crippen molar-refractivity contribution in [3.8, 4) is 0 Å². The molecule has 0 N–H and O–H groups in total. The Labute approximate surface area is 106 Å². The zero-order valence-electron chi connectivity index (χ0n) is 10.3. The third-order valence-corrected chi connectivity index (χ3v) is 2.86. The Morgan fingerprint density at radius 1 is 1.33 bits per heavy atom. The minimum atomic E-state index is -4.04. The maximum Gasteiger partial charge on any atom is 0.345 e. The molecule has 0 aromatic carbocycles. The Kier molecular flexibility index (Phi) is 6.96. The van der Waals surface area contributed by atoms with E-state index in [2.05, 4.69) is 10.8 Å². The minimum Gasteiger partial charge on any atom is -0.461 e. The molecule has 0 rings (SSSR count). The Morgan fingerprint density at radius 3 is 2.44 bits per heavy atom. The lowest BCUT2D eigenvalue weighted by Gasteiger charge is -2.05. The monoisotopic (exact) mass is 276 g/mol. The first-order valence-corrected chi connectivity index (χ1v) is 6.82. The van der Waals surface area contributed by atoms with Crippen LogP contribution in [0.4, 0.5) is 0 Å². The van der Waals surface area contributed by atoms with E-state index in [1.165, 1.54) is 0 Å². The van der Waals surface area contributed by atoms with Crippen LogP contribution in [0.25, 0.3) is 0 Å². The van der Waals surface area contributed by atoms with Crippen LogP contribution in [0.1, 0.15) is 20.3 Å². The van der Waals surface area contributed by atoms with Gasteiger partial charge in [0.1, 0.15) is 12.4 Å². The summed E-state index contributed by atoms with van der Waals surface area (Å²) in [5.74, 6) is -2.25. The van der Waals surface area contributed by atoms with Gasteiger partial charge in [0.15, 0.2) is 0 Å². The van der Waals surface area contributed by atoms with E-state index in [9.17, 15) is 18.0 Å². The van der Waals surface area contributed by atoms with E-state index < -0.39 is 27.8 Å². The summed E-state index contributed by atoms with van der Waals surface area (Å²) in [4.78, 5) is 22.0. The van der Waals surface area contributed by atoms with E-state index >= 15 is 0 Å². The number of ether oxygens (including phenoxy) is 1. The lowest BCUT2D eigenvalue weighted by Crippen LogP contribution is -2.20. The minimum absolute atomic E-state index is 0.375. The average molecular weight is 276 g/mol. The van der Waals surface area contributed by atoms with Crippen molar-refractivity contribution in [3.63, 3.8) is 0 Å². The van der Waals surface area contributed by atoms with Crippen molar-refractivity contribution in [1.29, 1.82) is 0 Å². The molecule has 0 heterocycles. The molecule has 0 fully saturated rings. The van der Waals surface area contributed by atoms with Gasteiger partial charge in [-0.05, 0) is 13.3 Å². The van der Waals surface area contributed by atoms with Crippen LogP contribution < -0.4 is 0 Å². The fourth-order valence-electron chi connectivity index (χ4n) is 0.941. The maximum atomic E-state index is 11.3. The van der Waals surface area contributed by atoms with Gasteiger partial charge in [-0.25, -0.2) is 9.59 Å². The van der Waals surface area contributed by atoms with Crippen molar-refractivity contribution < 1.29 is 26.9 Å². The van der Waals surface area contributed by atoms with Crippen LogP contribution in [0.2, 0.25) is 0 Å². The molecule has 0 aromatic rings. The smallest absolute Gasteiger partial charge is 0.345 e. The predicted molar refractivity (Wildman–Crippen MR) is 65.1 cm³/mol. The van der Waals surface area contributed by atoms with E-state index in [-0.39, 0.29) is 6.61 Å². The van der Waals surface area contributed by atoms with Gasteiger partial charge in [0, 0.05) is 11.6 Å². The lowest BCUT2D eigenvalue weighted by atomic mass is 10.2. The standard InChI is InChI=1S/C11H16O6S/c1-4-6-9(3)11(13)16-7-8-18(14,15)17-10(12)5-2/h5-6H,2,4,7-8H2,1,3H3. The Balaban J connectivity index is 4.20. The van der Waals surface area contributed by atoms with Crippen LogP contribution >= 0.6 is 0 Å². The van der Waals surface area contributed by atoms with Gasteiger partial charge in [0.25, 0.3) is 0 Å². The predicted octanol–water partition coefficient (Wildman–Crippen LogP) is 0.945. The first-order valence-electron chi connectivity index (χ1n) is 5.24. The first kappa shape index (κ1) is 16.4. The topological polar surface area (TPSA) is 86.7 Å². The third kappa shape index (κ3) is 6.85. The van der Waals surface area contributed by atoms with Crippen molar-refractivity contribution in [1.82, 2.24) is 0 Å². The molecular weight excluding hydrogens is 260 g/mol. The zero-order valence-corrected chi connectivity index (χ0v) is 11.2. The van der Waals surface area contributed by atoms with Crippen LogP contribution in [-0.4, -0.2) is 32.7 Å². The highest BCUT2D eigenvalue weighted by atomic mass is 32.2. The van der Waals surface area contributed by atoms with Crippen molar-refractivity contribution >= 4 is 22.1 Å². The van der Waals surface area contributed by atoms with Gasteiger partial charge in [0.05, 0.1) is 0 Å². The average Bonchev–Trinajstić information content (AvgIpc) is 2.28. The largest absolute Gasteiger partial charge is 0.461 e. The van der Waals surface area contributed by atoms with Crippen molar-refractivity contribution in [2.75, 3.05) is 12.4 Å². The summed E-state index contributed by atoms with van der Waals surface area (Å²) in [5.41, 5.74) is 0.401. The summed E-state index contributed by atoms with van der Waals surface area (Å²) in [6.45, 7) is 6.12. The second kappa shape index (κ2) is 7.65. The first-order chi connectivity index (χ1) is 8.32. The summed E-state index contributed by atoms with van der Waals surface area (Å²) in [6, 6.07) is 0. The molecule has 0 bridgehead atoms. The molecule has 0 aromatic heterocycles. The van der Waals surface area contributed by atoms with E-state index in [0.29, 0.717) is 12.0 Å². The van der Waals surface area contributed by atoms with E-state index in [4.69, 9.17) is 4.74 Å². The lowest BCUT2D eigenvalue weighted by molar-refractivity contribution is -0.138. The SMILES string of the molecule is C=CC(=O)OS(=O)(=O)CCOC(=O)C(C)=CCC. The van der Waals surface area contributed by atoms with Gasteiger partial charge < -0.3 is 8.92 Å². The molecular formula is C11H16O6S. The molecule has 0 amide bonds. The van der Waals surface area contributed by atoms with Crippen molar-refractivity contribution in [3.05, 3.63) is 24.3 Å². The quantitative estimate of drug-likeness (QED) is 0.391. The molecule has 0 aliphatic carbocycles. The summed E-state index contributed by atoms with van der Waals surface area (Å²) in [5, 5.41) is 0. The molecule has 0 aliphatic rings. The molecule has 0 saturated carbocycles. The van der Waals surface area contributed by atoms with Crippen LogP contribution in [0, 0.1) is 0 Å². The van der Waals surface area contributed by atoms with Gasteiger partial charge in [-0.15, -0.1) is 0 Å². The van der Waals surface area contributed by atoms with Crippen LogP contribution in [0.5, 0.6) is 0 Å². The Hall–Kier alpha value is -1.63. The van der Waals surface area contributed by atoms with Gasteiger partial charge in [-0.1, -0.05) is 19.6 Å². The molecule has 18 heavy (non-hydrogen) atoms. The van der Waals surface area contributed by atoms with Crippen LogP contribution in [0.3, 0.4) is 0 Å². The van der Waals surface area contributed by atoms with Crippen molar-refractivity contribution in [2.45, 2.75) is 20.3 Å². The summed E-state index contributed by atoms with van der Waals surface area (Å²) >= 11 is 0. The molecule has 6 nitrogen and oxygen atoms in total. The number of hydrogen-bond acceptors (Lipinski definition) is 6.